The molecule has 0 aliphatic carbocycles. The largest absolute Gasteiger partial charge is 0.378 e. The molecule has 4 heteroatoms. The summed E-state index contributed by atoms with van der Waals surface area (Å²) in [6.07, 6.45) is 1.12. The zero-order valence-corrected chi connectivity index (χ0v) is 6.90. The topological polar surface area (TPSA) is 25.4 Å². The van der Waals surface area contributed by atoms with Gasteiger partial charge in [-0.1, -0.05) is 0 Å². The van der Waals surface area contributed by atoms with Crippen LogP contribution >= 0.6 is 0 Å². The Hall–Kier alpha value is -1.16. The Morgan fingerprint density at radius 1 is 1.77 bits per heavy atom. The van der Waals surface area contributed by atoms with Gasteiger partial charge in [-0.3, -0.25) is 0 Å². The third kappa shape index (κ3) is 1.49. The predicted molar refractivity (Wildman–Crippen MR) is 47.2 cm³/mol. The molecule has 1 aromatic heterocycles. The summed E-state index contributed by atoms with van der Waals surface area (Å²) in [5, 5.41) is 0. The van der Waals surface area contributed by atoms with Crippen molar-refractivity contribution < 1.29 is 13.2 Å². The van der Waals surface area contributed by atoms with Crippen LogP contribution in [-0.4, -0.2) is 31.2 Å². The van der Waals surface area contributed by atoms with Gasteiger partial charge in [0.15, 0.2) is 11.6 Å². The van der Waals surface area contributed by atoms with Crippen LogP contribution in [0.3, 0.4) is 0 Å². The number of aromatic nitrogens is 1. The van der Waals surface area contributed by atoms with Crippen LogP contribution in [-0.2, 0) is 4.74 Å². The van der Waals surface area contributed by atoms with Crippen LogP contribution in [0.5, 0.6) is 0 Å². The van der Waals surface area contributed by atoms with Crippen LogP contribution in [0.1, 0.15) is 4.11 Å². The van der Waals surface area contributed by atoms with Crippen LogP contribution in [0.2, 0.25) is 0 Å². The van der Waals surface area contributed by atoms with Gasteiger partial charge in [-0.05, 0) is 12.1 Å². The first-order chi connectivity index (χ1) is 7.46. The summed E-state index contributed by atoms with van der Waals surface area (Å²) in [6, 6.07) is 2.83. The number of rotatable bonds is 2. The molecule has 3 nitrogen and oxygen atoms in total. The second-order valence-electron chi connectivity index (χ2n) is 2.95. The lowest BCUT2D eigenvalue weighted by Gasteiger charge is -2.38. The number of halogens is 1. The summed E-state index contributed by atoms with van der Waals surface area (Å²) in [4.78, 5) is 5.53. The molecule has 0 saturated carbocycles. The molecule has 0 atom stereocenters. The maximum absolute atomic E-state index is 13.3. The first-order valence-electron chi connectivity index (χ1n) is 5.49. The van der Waals surface area contributed by atoms with Crippen LogP contribution in [0.25, 0.3) is 0 Å². The maximum atomic E-state index is 13.3. The van der Waals surface area contributed by atoms with Gasteiger partial charge in [-0.2, -0.15) is 0 Å². The summed E-state index contributed by atoms with van der Waals surface area (Å²) in [6.45, 7) is 0.707. The number of methoxy groups -OCH3 is 1. The SMILES string of the molecule is [2H]C([2H])([2H])OC1CN(c2ncccc2F)C1. The van der Waals surface area contributed by atoms with Crippen molar-refractivity contribution in [1.29, 1.82) is 0 Å². The van der Waals surface area contributed by atoms with Crippen molar-refractivity contribution in [1.82, 2.24) is 4.98 Å². The minimum Gasteiger partial charge on any atom is -0.378 e. The molecular formula is C9H11FN2O. The molecule has 0 spiro atoms. The summed E-state index contributed by atoms with van der Waals surface area (Å²) in [7, 11) is -2.39. The lowest BCUT2D eigenvalue weighted by atomic mass is 10.1. The zero-order chi connectivity index (χ0) is 11.8. The van der Waals surface area contributed by atoms with E-state index in [1.54, 1.807) is 4.90 Å². The summed E-state index contributed by atoms with van der Waals surface area (Å²) >= 11 is 0. The van der Waals surface area contributed by atoms with Crippen molar-refractivity contribution in [3.63, 3.8) is 0 Å². The molecule has 1 aromatic rings. The third-order valence-corrected chi connectivity index (χ3v) is 2.05. The van der Waals surface area contributed by atoms with Gasteiger partial charge < -0.3 is 9.64 Å². The lowest BCUT2D eigenvalue weighted by molar-refractivity contribution is 0.0779. The summed E-state index contributed by atoms with van der Waals surface area (Å²) in [5.74, 6) is -0.164. The first kappa shape index (κ1) is 5.54. The molecule has 0 bridgehead atoms. The minimum absolute atomic E-state index is 0.243. The lowest BCUT2D eigenvalue weighted by Crippen LogP contribution is -2.52. The molecule has 0 unspecified atom stereocenters. The monoisotopic (exact) mass is 185 g/mol. The van der Waals surface area contributed by atoms with E-state index in [9.17, 15) is 4.39 Å². The van der Waals surface area contributed by atoms with Crippen molar-refractivity contribution in [2.75, 3.05) is 25.0 Å². The van der Waals surface area contributed by atoms with Gasteiger partial charge in [0.05, 0.1) is 10.2 Å². The average Bonchev–Trinajstić information content (AvgIpc) is 2.11. The van der Waals surface area contributed by atoms with Crippen molar-refractivity contribution in [3.8, 4) is 0 Å². The molecule has 0 N–H and O–H groups in total. The summed E-state index contributed by atoms with van der Waals surface area (Å²) < 4.78 is 38.8. The second-order valence-corrected chi connectivity index (χ2v) is 2.95. The van der Waals surface area contributed by atoms with E-state index in [1.165, 1.54) is 18.3 Å². The number of hydrogen-bond acceptors (Lipinski definition) is 3. The van der Waals surface area contributed by atoms with Gasteiger partial charge in [0.1, 0.15) is 0 Å². The van der Waals surface area contributed by atoms with E-state index in [0.29, 0.717) is 13.1 Å². The number of nitrogens with zero attached hydrogens (tertiary/aromatic N) is 2. The van der Waals surface area contributed by atoms with E-state index >= 15 is 0 Å². The standard InChI is InChI=1S/C9H11FN2O/c1-13-7-5-12(6-7)9-8(10)3-2-4-11-9/h2-4,7H,5-6H2,1H3/i1D3. The van der Waals surface area contributed by atoms with Crippen LogP contribution in [0, 0.1) is 5.82 Å². The highest BCUT2D eigenvalue weighted by molar-refractivity contribution is 5.42. The van der Waals surface area contributed by atoms with Gasteiger partial charge >= 0.3 is 0 Å². The fourth-order valence-electron chi connectivity index (χ4n) is 1.30. The number of anilines is 1. The fraction of sp³-hybridized carbons (Fsp3) is 0.444. The van der Waals surface area contributed by atoms with Crippen LogP contribution in [0.4, 0.5) is 10.2 Å². The fourth-order valence-corrected chi connectivity index (χ4v) is 1.30. The van der Waals surface area contributed by atoms with Gasteiger partial charge in [0.2, 0.25) is 0 Å². The second kappa shape index (κ2) is 3.30. The Labute approximate surface area is 80.4 Å². The predicted octanol–water partition coefficient (Wildman–Crippen LogP) is 1.06. The Morgan fingerprint density at radius 3 is 3.31 bits per heavy atom. The molecule has 2 rings (SSSR count). The molecule has 0 radical (unpaired) electrons. The van der Waals surface area contributed by atoms with E-state index in [4.69, 9.17) is 8.85 Å². The van der Waals surface area contributed by atoms with E-state index in [2.05, 4.69) is 4.98 Å². The van der Waals surface area contributed by atoms with E-state index in [1.807, 2.05) is 0 Å². The van der Waals surface area contributed by atoms with E-state index in [-0.39, 0.29) is 11.9 Å². The van der Waals surface area contributed by atoms with Gasteiger partial charge in [-0.15, -0.1) is 0 Å². The minimum atomic E-state index is -2.39. The number of pyridine rings is 1. The molecular weight excluding hydrogens is 171 g/mol. The quantitative estimate of drug-likeness (QED) is 0.688. The highest BCUT2D eigenvalue weighted by Gasteiger charge is 2.28. The van der Waals surface area contributed by atoms with Gasteiger partial charge in [0.25, 0.3) is 0 Å². The molecule has 1 saturated heterocycles. The third-order valence-electron chi connectivity index (χ3n) is 2.05. The molecule has 1 aliphatic heterocycles. The number of ether oxygens (including phenoxy) is 1. The molecule has 2 heterocycles. The highest BCUT2D eigenvalue weighted by atomic mass is 19.1. The zero-order valence-electron chi connectivity index (χ0n) is 9.90. The van der Waals surface area contributed by atoms with Gasteiger partial charge in [-0.25, -0.2) is 9.37 Å². The van der Waals surface area contributed by atoms with Crippen molar-refractivity contribution >= 4 is 5.82 Å². The Bertz CT molecular complexity index is 379. The van der Waals surface area contributed by atoms with E-state index in [0.717, 1.165) is 0 Å². The average molecular weight is 185 g/mol. The smallest absolute Gasteiger partial charge is 0.165 e. The van der Waals surface area contributed by atoms with Crippen molar-refractivity contribution in [2.24, 2.45) is 0 Å². The van der Waals surface area contributed by atoms with Crippen LogP contribution in [0.15, 0.2) is 18.3 Å². The van der Waals surface area contributed by atoms with Crippen molar-refractivity contribution in [3.05, 3.63) is 24.1 Å². The molecule has 0 aromatic carbocycles. The van der Waals surface area contributed by atoms with Crippen LogP contribution < -0.4 is 4.90 Å². The molecule has 13 heavy (non-hydrogen) atoms. The van der Waals surface area contributed by atoms with E-state index < -0.39 is 12.9 Å². The first-order valence-corrected chi connectivity index (χ1v) is 3.99. The molecule has 1 aliphatic rings. The number of hydrogen-bond donors (Lipinski definition) is 0. The van der Waals surface area contributed by atoms with Crippen molar-refractivity contribution in [2.45, 2.75) is 6.10 Å². The normalized spacial score (nSPS) is 21.6. The maximum Gasteiger partial charge on any atom is 0.165 e. The molecule has 0 amide bonds. The Kier molecular flexibility index (Phi) is 1.41. The Morgan fingerprint density at radius 2 is 2.62 bits per heavy atom. The van der Waals surface area contributed by atoms with Gasteiger partial charge in [0, 0.05) is 26.3 Å². The molecule has 70 valence electrons. The Balaban J connectivity index is 1.92. The summed E-state index contributed by atoms with van der Waals surface area (Å²) in [5.41, 5.74) is 0. The highest BCUT2D eigenvalue weighted by Crippen LogP contribution is 2.21. The molecule has 1 fully saturated rings.